The molecule has 0 aliphatic carbocycles. The summed E-state index contributed by atoms with van der Waals surface area (Å²) in [7, 11) is 0. The van der Waals surface area contributed by atoms with Gasteiger partial charge in [0.1, 0.15) is 11.5 Å². The van der Waals surface area contributed by atoms with Crippen LogP contribution in [0.1, 0.15) is 16.7 Å². The molecule has 1 amide bonds. The molecule has 0 saturated carbocycles. The fraction of sp³-hybridized carbons (Fsp3) is 0.0714. The van der Waals surface area contributed by atoms with Crippen LogP contribution in [0.4, 0.5) is 0 Å². The molecule has 4 aromatic rings. The molecular weight excluding hydrogens is 448 g/mol. The number of nitrogens with one attached hydrogen (secondary N) is 1. The van der Waals surface area contributed by atoms with E-state index < -0.39 is 5.91 Å². The van der Waals surface area contributed by atoms with Gasteiger partial charge in [-0.15, -0.1) is 0 Å². The number of hydrogen-bond acceptors (Lipinski definition) is 4. The minimum Gasteiger partial charge on any atom is -0.507 e. The normalized spacial score (nSPS) is 10.9. The molecule has 0 bridgehead atoms. The maximum atomic E-state index is 12.1. The molecule has 0 saturated heterocycles. The first-order valence-electron chi connectivity index (χ1n) is 10.7. The summed E-state index contributed by atoms with van der Waals surface area (Å²) < 4.78 is 5.53. The number of rotatable bonds is 8. The topological polar surface area (TPSA) is 70.9 Å². The number of nitrogens with zero attached hydrogens (tertiary/aromatic N) is 1. The summed E-state index contributed by atoms with van der Waals surface area (Å²) in [6, 6.07) is 30.4. The van der Waals surface area contributed by atoms with E-state index in [9.17, 15) is 9.90 Å². The standard InChI is InChI=1S/C28H23ClN2O3/c29-26-9-5-4-8-23(26)16-20-10-15-27(32)24(17-20)18-30-31-28(33)19-34-25-13-11-22(12-14-25)21-6-2-1-3-7-21/h1-15,17-18,32H,16,19H2,(H,31,33)/b30-18+. The summed E-state index contributed by atoms with van der Waals surface area (Å²) in [6.45, 7) is -0.180. The maximum Gasteiger partial charge on any atom is 0.277 e. The van der Waals surface area contributed by atoms with Crippen molar-refractivity contribution in [3.8, 4) is 22.6 Å². The predicted octanol–water partition coefficient (Wildman–Crippen LogP) is 5.83. The van der Waals surface area contributed by atoms with Gasteiger partial charge in [0.25, 0.3) is 5.91 Å². The van der Waals surface area contributed by atoms with Gasteiger partial charge in [-0.1, -0.05) is 78.3 Å². The van der Waals surface area contributed by atoms with Crippen molar-refractivity contribution in [1.82, 2.24) is 5.43 Å². The van der Waals surface area contributed by atoms with E-state index in [1.54, 1.807) is 12.1 Å². The van der Waals surface area contributed by atoms with Crippen molar-refractivity contribution in [3.05, 3.63) is 119 Å². The Morgan fingerprint density at radius 2 is 1.62 bits per heavy atom. The summed E-state index contributed by atoms with van der Waals surface area (Å²) in [5, 5.41) is 14.8. The molecule has 0 aliphatic heterocycles. The lowest BCUT2D eigenvalue weighted by Gasteiger charge is -2.07. The van der Waals surface area contributed by atoms with E-state index in [1.807, 2.05) is 84.9 Å². The average Bonchev–Trinajstić information content (AvgIpc) is 2.87. The highest BCUT2D eigenvalue weighted by atomic mass is 35.5. The Hall–Kier alpha value is -4.09. The van der Waals surface area contributed by atoms with Gasteiger partial charge < -0.3 is 9.84 Å². The van der Waals surface area contributed by atoms with Gasteiger partial charge in [-0.05, 0) is 59.0 Å². The number of ether oxygens (including phenoxy) is 1. The quantitative estimate of drug-likeness (QED) is 0.251. The van der Waals surface area contributed by atoms with Crippen molar-refractivity contribution >= 4 is 23.7 Å². The summed E-state index contributed by atoms with van der Waals surface area (Å²) >= 11 is 6.24. The highest BCUT2D eigenvalue weighted by molar-refractivity contribution is 6.31. The van der Waals surface area contributed by atoms with E-state index in [4.69, 9.17) is 16.3 Å². The molecule has 6 heteroatoms. The second-order valence-electron chi connectivity index (χ2n) is 7.63. The Kier molecular flexibility index (Phi) is 7.58. The van der Waals surface area contributed by atoms with Gasteiger partial charge in [0.05, 0.1) is 6.21 Å². The molecule has 0 unspecified atom stereocenters. The molecule has 5 nitrogen and oxygen atoms in total. The second kappa shape index (κ2) is 11.2. The highest BCUT2D eigenvalue weighted by Crippen LogP contribution is 2.23. The third kappa shape index (κ3) is 6.24. The molecule has 4 aromatic carbocycles. The zero-order valence-corrected chi connectivity index (χ0v) is 19.1. The largest absolute Gasteiger partial charge is 0.507 e. The van der Waals surface area contributed by atoms with Crippen LogP contribution < -0.4 is 10.2 Å². The van der Waals surface area contributed by atoms with Crippen LogP contribution in [0.3, 0.4) is 0 Å². The van der Waals surface area contributed by atoms with Crippen LogP contribution >= 0.6 is 11.6 Å². The Labute approximate surface area is 203 Å². The van der Waals surface area contributed by atoms with E-state index >= 15 is 0 Å². The van der Waals surface area contributed by atoms with Crippen molar-refractivity contribution in [3.63, 3.8) is 0 Å². The Morgan fingerprint density at radius 3 is 2.38 bits per heavy atom. The Bertz CT molecular complexity index is 1290. The van der Waals surface area contributed by atoms with Crippen LogP contribution in [0.25, 0.3) is 11.1 Å². The molecule has 0 aromatic heterocycles. The van der Waals surface area contributed by atoms with E-state index in [0.29, 0.717) is 22.8 Å². The Balaban J connectivity index is 1.30. The van der Waals surface area contributed by atoms with Crippen molar-refractivity contribution in [1.29, 1.82) is 0 Å². The number of hydrazone groups is 1. The molecule has 2 N–H and O–H groups in total. The van der Waals surface area contributed by atoms with Gasteiger partial charge in [-0.3, -0.25) is 4.79 Å². The van der Waals surface area contributed by atoms with Crippen LogP contribution in [0.15, 0.2) is 102 Å². The first-order valence-corrected chi connectivity index (χ1v) is 11.1. The fourth-order valence-electron chi connectivity index (χ4n) is 3.41. The number of phenolic OH excluding ortho intramolecular Hbond substituents is 1. The van der Waals surface area contributed by atoms with Gasteiger partial charge in [0.15, 0.2) is 6.61 Å². The minimum absolute atomic E-state index is 0.0654. The van der Waals surface area contributed by atoms with Crippen LogP contribution in [-0.4, -0.2) is 23.8 Å². The smallest absolute Gasteiger partial charge is 0.277 e. The molecule has 0 radical (unpaired) electrons. The van der Waals surface area contributed by atoms with Gasteiger partial charge in [-0.2, -0.15) is 5.10 Å². The zero-order valence-electron chi connectivity index (χ0n) is 18.3. The summed E-state index contributed by atoms with van der Waals surface area (Å²) in [5.74, 6) is 0.245. The van der Waals surface area contributed by atoms with Gasteiger partial charge in [-0.25, -0.2) is 5.43 Å². The first-order chi connectivity index (χ1) is 16.6. The number of phenols is 1. The van der Waals surface area contributed by atoms with Crippen LogP contribution in [0, 0.1) is 0 Å². The highest BCUT2D eigenvalue weighted by Gasteiger charge is 2.06. The number of aromatic hydroxyl groups is 1. The van der Waals surface area contributed by atoms with Crippen LogP contribution in [0.2, 0.25) is 5.02 Å². The average molecular weight is 471 g/mol. The third-order valence-electron chi connectivity index (χ3n) is 5.17. The SMILES string of the molecule is O=C(COc1ccc(-c2ccccc2)cc1)N/N=C/c1cc(Cc2ccccc2Cl)ccc1O. The summed E-state index contributed by atoms with van der Waals surface area (Å²) in [4.78, 5) is 12.1. The molecule has 0 fully saturated rings. The maximum absolute atomic E-state index is 12.1. The number of benzene rings is 4. The lowest BCUT2D eigenvalue weighted by molar-refractivity contribution is -0.123. The lowest BCUT2D eigenvalue weighted by atomic mass is 10.0. The molecule has 34 heavy (non-hydrogen) atoms. The summed E-state index contributed by atoms with van der Waals surface area (Å²) in [6.07, 6.45) is 2.02. The number of carbonyl (C=O) groups excluding carboxylic acids is 1. The molecule has 0 spiro atoms. The number of carbonyl (C=O) groups is 1. The van der Waals surface area contributed by atoms with Gasteiger partial charge in [0, 0.05) is 10.6 Å². The number of amides is 1. The van der Waals surface area contributed by atoms with Gasteiger partial charge >= 0.3 is 0 Å². The Morgan fingerprint density at radius 1 is 0.912 bits per heavy atom. The van der Waals surface area contributed by atoms with Crippen molar-refractivity contribution in [2.75, 3.05) is 6.61 Å². The molecule has 4 rings (SSSR count). The molecule has 0 heterocycles. The van der Waals surface area contributed by atoms with Crippen molar-refractivity contribution < 1.29 is 14.6 Å². The zero-order chi connectivity index (χ0) is 23.8. The van der Waals surface area contributed by atoms with Crippen molar-refractivity contribution in [2.24, 2.45) is 5.10 Å². The van der Waals surface area contributed by atoms with Crippen LogP contribution in [0.5, 0.6) is 11.5 Å². The van der Waals surface area contributed by atoms with Gasteiger partial charge in [0.2, 0.25) is 0 Å². The minimum atomic E-state index is -0.407. The molecular formula is C28H23ClN2O3. The van der Waals surface area contributed by atoms with E-state index in [2.05, 4.69) is 10.5 Å². The second-order valence-corrected chi connectivity index (χ2v) is 8.04. The summed E-state index contributed by atoms with van der Waals surface area (Å²) in [5.41, 5.74) is 7.03. The molecule has 170 valence electrons. The first kappa shape index (κ1) is 23.1. The number of hydrogen-bond donors (Lipinski definition) is 2. The molecule has 0 atom stereocenters. The monoisotopic (exact) mass is 470 g/mol. The van der Waals surface area contributed by atoms with E-state index in [0.717, 1.165) is 22.3 Å². The lowest BCUT2D eigenvalue weighted by Crippen LogP contribution is -2.24. The van der Waals surface area contributed by atoms with Crippen molar-refractivity contribution in [2.45, 2.75) is 6.42 Å². The molecule has 0 aliphatic rings. The van der Waals surface area contributed by atoms with E-state index in [-0.39, 0.29) is 12.4 Å². The number of halogens is 1. The van der Waals surface area contributed by atoms with Crippen LogP contribution in [-0.2, 0) is 11.2 Å². The predicted molar refractivity (Wildman–Crippen MR) is 135 cm³/mol. The van der Waals surface area contributed by atoms with E-state index in [1.165, 1.54) is 6.21 Å². The fourth-order valence-corrected chi connectivity index (χ4v) is 3.61. The third-order valence-corrected chi connectivity index (χ3v) is 5.54.